The third kappa shape index (κ3) is 4.59. The minimum atomic E-state index is -0.264. The van der Waals surface area contributed by atoms with Crippen molar-refractivity contribution < 1.29 is 14.7 Å². The highest BCUT2D eigenvalue weighted by atomic mass is 16.6. The number of carbonyl (C=O) groups excluding carboxylic acids is 1. The summed E-state index contributed by atoms with van der Waals surface area (Å²) in [4.78, 5) is 17.1. The highest BCUT2D eigenvalue weighted by Crippen LogP contribution is 2.22. The van der Waals surface area contributed by atoms with Crippen LogP contribution in [0.15, 0.2) is 47.6 Å². The van der Waals surface area contributed by atoms with Crippen molar-refractivity contribution in [3.63, 3.8) is 0 Å². The summed E-state index contributed by atoms with van der Waals surface area (Å²) >= 11 is 0. The van der Waals surface area contributed by atoms with Gasteiger partial charge in [-0.25, -0.2) is 0 Å². The molecule has 0 heterocycles. The molecule has 0 unspecified atom stereocenters. The van der Waals surface area contributed by atoms with Crippen LogP contribution in [-0.4, -0.2) is 23.8 Å². The van der Waals surface area contributed by atoms with Gasteiger partial charge in [0.25, 0.3) is 5.91 Å². The molecule has 2 N–H and O–H groups in total. The van der Waals surface area contributed by atoms with Crippen LogP contribution in [0.2, 0.25) is 0 Å². The van der Waals surface area contributed by atoms with Crippen molar-refractivity contribution in [1.82, 2.24) is 0 Å². The Kier molecular flexibility index (Phi) is 6.37. The number of phenols is 1. The maximum atomic E-state index is 12.1. The Labute approximate surface area is 142 Å². The van der Waals surface area contributed by atoms with Gasteiger partial charge >= 0.3 is 0 Å². The Morgan fingerprint density at radius 3 is 2.42 bits per heavy atom. The van der Waals surface area contributed by atoms with E-state index in [0.717, 1.165) is 29.7 Å². The van der Waals surface area contributed by atoms with Crippen LogP contribution in [-0.2, 0) is 22.5 Å². The van der Waals surface area contributed by atoms with Crippen molar-refractivity contribution >= 4 is 17.8 Å². The molecule has 0 radical (unpaired) electrons. The highest BCUT2D eigenvalue weighted by molar-refractivity contribution is 5.93. The Hall–Kier alpha value is -2.82. The van der Waals surface area contributed by atoms with Gasteiger partial charge in [-0.05, 0) is 36.1 Å². The summed E-state index contributed by atoms with van der Waals surface area (Å²) in [5.74, 6) is -0.154. The topological polar surface area (TPSA) is 70.9 Å². The molecule has 5 nitrogen and oxygen atoms in total. The summed E-state index contributed by atoms with van der Waals surface area (Å²) in [6.45, 7) is 3.92. The van der Waals surface area contributed by atoms with Crippen molar-refractivity contribution in [2.24, 2.45) is 5.16 Å². The fraction of sp³-hybridized carbons (Fsp3) is 0.263. The number of nitrogens with zero attached hydrogens (tertiary/aromatic N) is 1. The van der Waals surface area contributed by atoms with Gasteiger partial charge in [0.05, 0.1) is 6.21 Å². The standard InChI is InChI=1S/C19H22N2O3/c1-3-14-9-7-10-15(4-2)19(14)21-18(23)13-24-20-12-16-8-5-6-11-17(16)22/h5-12,22H,3-4,13H2,1-2H3,(H,21,23). The number of anilines is 1. The molecule has 0 saturated heterocycles. The average molecular weight is 326 g/mol. The van der Waals surface area contributed by atoms with E-state index in [9.17, 15) is 9.90 Å². The van der Waals surface area contributed by atoms with E-state index in [1.165, 1.54) is 6.21 Å². The summed E-state index contributed by atoms with van der Waals surface area (Å²) in [6.07, 6.45) is 3.06. The van der Waals surface area contributed by atoms with Gasteiger partial charge in [0, 0.05) is 11.3 Å². The van der Waals surface area contributed by atoms with Crippen LogP contribution in [0.25, 0.3) is 0 Å². The molecule has 5 heteroatoms. The first-order valence-corrected chi connectivity index (χ1v) is 7.99. The summed E-state index contributed by atoms with van der Waals surface area (Å²) < 4.78 is 0. The molecule has 0 aromatic heterocycles. The number of amides is 1. The van der Waals surface area contributed by atoms with Crippen LogP contribution in [0.3, 0.4) is 0 Å². The van der Waals surface area contributed by atoms with E-state index in [0.29, 0.717) is 5.56 Å². The van der Waals surface area contributed by atoms with E-state index >= 15 is 0 Å². The first-order chi connectivity index (χ1) is 11.7. The predicted molar refractivity (Wildman–Crippen MR) is 95.5 cm³/mol. The van der Waals surface area contributed by atoms with E-state index in [2.05, 4.69) is 24.3 Å². The van der Waals surface area contributed by atoms with E-state index in [4.69, 9.17) is 4.84 Å². The molecule has 0 aliphatic rings. The number of para-hydroxylation sites is 2. The van der Waals surface area contributed by atoms with E-state index in [1.54, 1.807) is 24.3 Å². The normalized spacial score (nSPS) is 10.8. The van der Waals surface area contributed by atoms with E-state index in [-0.39, 0.29) is 18.3 Å². The molecule has 126 valence electrons. The number of carbonyl (C=O) groups is 1. The Balaban J connectivity index is 1.94. The summed E-state index contributed by atoms with van der Waals surface area (Å²) in [5, 5.41) is 16.2. The fourth-order valence-corrected chi connectivity index (χ4v) is 2.37. The molecule has 0 spiro atoms. The van der Waals surface area contributed by atoms with Gasteiger partial charge in [0.2, 0.25) is 0 Å². The highest BCUT2D eigenvalue weighted by Gasteiger charge is 2.10. The molecule has 0 saturated carbocycles. The van der Waals surface area contributed by atoms with Crippen LogP contribution in [0.1, 0.15) is 30.5 Å². The molecule has 0 atom stereocenters. The number of hydrogen-bond acceptors (Lipinski definition) is 4. The largest absolute Gasteiger partial charge is 0.507 e. The number of hydrogen-bond donors (Lipinski definition) is 2. The van der Waals surface area contributed by atoms with Gasteiger partial charge in [-0.15, -0.1) is 0 Å². The lowest BCUT2D eigenvalue weighted by Gasteiger charge is -2.13. The number of aryl methyl sites for hydroxylation is 2. The van der Waals surface area contributed by atoms with Crippen LogP contribution in [0, 0.1) is 0 Å². The van der Waals surface area contributed by atoms with Crippen LogP contribution in [0.4, 0.5) is 5.69 Å². The lowest BCUT2D eigenvalue weighted by molar-refractivity contribution is -0.120. The van der Waals surface area contributed by atoms with E-state index in [1.807, 2.05) is 18.2 Å². The minimum Gasteiger partial charge on any atom is -0.507 e. The quantitative estimate of drug-likeness (QED) is 0.604. The Morgan fingerprint density at radius 1 is 1.12 bits per heavy atom. The van der Waals surface area contributed by atoms with Gasteiger partial charge in [0.15, 0.2) is 6.61 Å². The first kappa shape index (κ1) is 17.5. The van der Waals surface area contributed by atoms with Crippen molar-refractivity contribution in [2.75, 3.05) is 11.9 Å². The third-order valence-electron chi connectivity index (χ3n) is 3.66. The smallest absolute Gasteiger partial charge is 0.265 e. The number of phenolic OH excluding ortho intramolecular Hbond substituents is 1. The monoisotopic (exact) mass is 326 g/mol. The molecule has 1 amide bonds. The zero-order valence-corrected chi connectivity index (χ0v) is 14.0. The zero-order valence-electron chi connectivity index (χ0n) is 14.0. The Bertz CT molecular complexity index is 704. The van der Waals surface area contributed by atoms with Crippen LogP contribution >= 0.6 is 0 Å². The van der Waals surface area contributed by atoms with Gasteiger partial charge < -0.3 is 15.3 Å². The number of benzene rings is 2. The van der Waals surface area contributed by atoms with Crippen molar-refractivity contribution in [1.29, 1.82) is 0 Å². The lowest BCUT2D eigenvalue weighted by Crippen LogP contribution is -2.19. The van der Waals surface area contributed by atoms with Gasteiger partial charge in [0.1, 0.15) is 5.75 Å². The Morgan fingerprint density at radius 2 is 1.79 bits per heavy atom. The maximum absolute atomic E-state index is 12.1. The predicted octanol–water partition coefficient (Wildman–Crippen LogP) is 3.51. The molecule has 24 heavy (non-hydrogen) atoms. The summed E-state index contributed by atoms with van der Waals surface area (Å²) in [6, 6.07) is 12.8. The minimum absolute atomic E-state index is 0.110. The molecule has 2 rings (SSSR count). The molecule has 0 fully saturated rings. The van der Waals surface area contributed by atoms with Gasteiger partial charge in [-0.2, -0.15) is 0 Å². The molecule has 0 aliphatic carbocycles. The second kappa shape index (κ2) is 8.72. The number of nitrogens with one attached hydrogen (secondary N) is 1. The molecular formula is C19H22N2O3. The molecule has 2 aromatic carbocycles. The maximum Gasteiger partial charge on any atom is 0.265 e. The average Bonchev–Trinajstić information content (AvgIpc) is 2.60. The third-order valence-corrected chi connectivity index (χ3v) is 3.66. The van der Waals surface area contributed by atoms with Crippen molar-refractivity contribution in [2.45, 2.75) is 26.7 Å². The molecule has 2 aromatic rings. The van der Waals surface area contributed by atoms with Crippen LogP contribution < -0.4 is 5.32 Å². The molecule has 0 aliphatic heterocycles. The van der Waals surface area contributed by atoms with Crippen molar-refractivity contribution in [3.8, 4) is 5.75 Å². The fourth-order valence-electron chi connectivity index (χ4n) is 2.37. The summed E-state index contributed by atoms with van der Waals surface area (Å²) in [5.41, 5.74) is 3.59. The second-order valence-electron chi connectivity index (χ2n) is 5.27. The molecule has 0 bridgehead atoms. The summed E-state index contributed by atoms with van der Waals surface area (Å²) in [7, 11) is 0. The second-order valence-corrected chi connectivity index (χ2v) is 5.27. The lowest BCUT2D eigenvalue weighted by atomic mass is 10.0. The van der Waals surface area contributed by atoms with Gasteiger partial charge in [-0.3, -0.25) is 4.79 Å². The number of rotatable bonds is 7. The number of oxime groups is 1. The number of aromatic hydroxyl groups is 1. The first-order valence-electron chi connectivity index (χ1n) is 7.99. The SMILES string of the molecule is CCc1cccc(CC)c1NC(=O)CON=Cc1ccccc1O. The van der Waals surface area contributed by atoms with Crippen LogP contribution in [0.5, 0.6) is 5.75 Å². The van der Waals surface area contributed by atoms with Gasteiger partial charge in [-0.1, -0.05) is 49.3 Å². The van der Waals surface area contributed by atoms with E-state index < -0.39 is 0 Å². The molecular weight excluding hydrogens is 304 g/mol. The van der Waals surface area contributed by atoms with Crippen molar-refractivity contribution in [3.05, 3.63) is 59.2 Å². The zero-order chi connectivity index (χ0) is 17.4.